The Morgan fingerprint density at radius 2 is 2.19 bits per heavy atom. The maximum absolute atomic E-state index is 11.8. The summed E-state index contributed by atoms with van der Waals surface area (Å²) in [4.78, 5) is 0.170. The van der Waals surface area contributed by atoms with E-state index in [1.54, 1.807) is 6.92 Å². The highest BCUT2D eigenvalue weighted by Gasteiger charge is 2.19. The molecule has 0 aliphatic rings. The van der Waals surface area contributed by atoms with Crippen molar-refractivity contribution >= 4 is 10.0 Å². The highest BCUT2D eigenvalue weighted by Crippen LogP contribution is 2.10. The number of H-pyrrole nitrogens is 1. The van der Waals surface area contributed by atoms with Crippen molar-refractivity contribution in [2.24, 2.45) is 11.7 Å². The molecular weight excluding hydrogens is 228 g/mol. The lowest BCUT2D eigenvalue weighted by molar-refractivity contribution is 0.481. The molecule has 0 spiro atoms. The molecule has 0 aromatic carbocycles. The Morgan fingerprint density at radius 1 is 1.56 bits per heavy atom. The predicted octanol–water partition coefficient (Wildman–Crippen LogP) is -0.0203. The zero-order chi connectivity index (χ0) is 12.3. The van der Waals surface area contributed by atoms with Gasteiger partial charge in [0, 0.05) is 12.6 Å². The molecule has 0 amide bonds. The van der Waals surface area contributed by atoms with E-state index in [0.717, 1.165) is 0 Å². The third-order valence-electron chi connectivity index (χ3n) is 2.44. The monoisotopic (exact) mass is 246 g/mol. The van der Waals surface area contributed by atoms with Gasteiger partial charge in [0.25, 0.3) is 0 Å². The van der Waals surface area contributed by atoms with Gasteiger partial charge < -0.3 is 5.73 Å². The first kappa shape index (κ1) is 13.1. The highest BCUT2D eigenvalue weighted by atomic mass is 32.2. The number of nitrogens with zero attached hydrogens (tertiary/aromatic N) is 1. The van der Waals surface area contributed by atoms with Gasteiger partial charge in [-0.25, -0.2) is 13.1 Å². The molecule has 16 heavy (non-hydrogen) atoms. The molecule has 6 nitrogen and oxygen atoms in total. The van der Waals surface area contributed by atoms with Gasteiger partial charge in [-0.1, -0.05) is 13.8 Å². The van der Waals surface area contributed by atoms with Gasteiger partial charge >= 0.3 is 0 Å². The van der Waals surface area contributed by atoms with Gasteiger partial charge in [-0.05, 0) is 12.8 Å². The predicted molar refractivity (Wildman–Crippen MR) is 61.3 cm³/mol. The van der Waals surface area contributed by atoms with Crippen LogP contribution in [-0.4, -0.2) is 31.2 Å². The summed E-state index contributed by atoms with van der Waals surface area (Å²) in [7, 11) is -3.50. The Kier molecular flexibility index (Phi) is 4.06. The van der Waals surface area contributed by atoms with Gasteiger partial charge in [0.2, 0.25) is 10.0 Å². The molecule has 1 aromatic rings. The van der Waals surface area contributed by atoms with Gasteiger partial charge in [0.15, 0.2) is 0 Å². The van der Waals surface area contributed by atoms with Crippen LogP contribution in [0.5, 0.6) is 0 Å². The topological polar surface area (TPSA) is 101 Å². The maximum Gasteiger partial charge on any atom is 0.244 e. The van der Waals surface area contributed by atoms with E-state index in [4.69, 9.17) is 5.73 Å². The lowest BCUT2D eigenvalue weighted by atomic mass is 10.1. The Hall–Kier alpha value is -0.920. The molecule has 1 heterocycles. The smallest absolute Gasteiger partial charge is 0.244 e. The number of nitrogens with two attached hydrogens (primary N) is 1. The van der Waals surface area contributed by atoms with Crippen LogP contribution in [0.25, 0.3) is 0 Å². The van der Waals surface area contributed by atoms with E-state index < -0.39 is 10.0 Å². The molecule has 7 heteroatoms. The zero-order valence-corrected chi connectivity index (χ0v) is 10.5. The molecule has 4 N–H and O–H groups in total. The van der Waals surface area contributed by atoms with Gasteiger partial charge in [0.05, 0.1) is 11.9 Å². The summed E-state index contributed by atoms with van der Waals surface area (Å²) in [5.41, 5.74) is 6.28. The molecular formula is C9H18N4O2S. The average Bonchev–Trinajstić information content (AvgIpc) is 2.61. The first-order valence-electron chi connectivity index (χ1n) is 5.10. The van der Waals surface area contributed by atoms with Crippen molar-refractivity contribution in [1.82, 2.24) is 14.9 Å². The van der Waals surface area contributed by atoms with Crippen LogP contribution >= 0.6 is 0 Å². The second kappa shape index (κ2) is 4.94. The first-order chi connectivity index (χ1) is 7.34. The summed E-state index contributed by atoms with van der Waals surface area (Å²) in [5, 5.41) is 6.26. The van der Waals surface area contributed by atoms with Crippen LogP contribution < -0.4 is 10.5 Å². The van der Waals surface area contributed by atoms with Crippen LogP contribution in [0.15, 0.2) is 11.1 Å². The van der Waals surface area contributed by atoms with Crippen molar-refractivity contribution in [3.8, 4) is 0 Å². The zero-order valence-electron chi connectivity index (χ0n) is 9.69. The molecule has 0 saturated heterocycles. The van der Waals surface area contributed by atoms with Crippen molar-refractivity contribution in [1.29, 1.82) is 0 Å². The van der Waals surface area contributed by atoms with E-state index in [-0.39, 0.29) is 23.4 Å². The molecule has 1 atom stereocenters. The molecule has 1 unspecified atom stereocenters. The van der Waals surface area contributed by atoms with E-state index in [1.807, 2.05) is 13.8 Å². The fraction of sp³-hybridized carbons (Fsp3) is 0.667. The van der Waals surface area contributed by atoms with Crippen LogP contribution in [0.1, 0.15) is 19.5 Å². The number of aryl methyl sites for hydroxylation is 1. The molecule has 0 aliphatic heterocycles. The Bertz CT molecular complexity index is 438. The Morgan fingerprint density at radius 3 is 2.62 bits per heavy atom. The minimum atomic E-state index is -3.50. The molecule has 92 valence electrons. The number of sulfonamides is 1. The number of aromatic amines is 1. The van der Waals surface area contributed by atoms with E-state index in [2.05, 4.69) is 14.9 Å². The fourth-order valence-electron chi connectivity index (χ4n) is 1.13. The fourth-order valence-corrected chi connectivity index (χ4v) is 2.34. The third-order valence-corrected chi connectivity index (χ3v) is 3.98. The van der Waals surface area contributed by atoms with Crippen molar-refractivity contribution in [3.05, 3.63) is 11.9 Å². The highest BCUT2D eigenvalue weighted by molar-refractivity contribution is 7.89. The average molecular weight is 246 g/mol. The van der Waals surface area contributed by atoms with E-state index in [9.17, 15) is 8.42 Å². The molecule has 1 rings (SSSR count). The summed E-state index contributed by atoms with van der Waals surface area (Å²) in [6.45, 7) is 5.78. The first-order valence-corrected chi connectivity index (χ1v) is 6.58. The summed E-state index contributed by atoms with van der Waals surface area (Å²) in [5.74, 6) is 0.230. The number of rotatable bonds is 5. The van der Waals surface area contributed by atoms with Crippen LogP contribution in [-0.2, 0) is 10.0 Å². The molecule has 0 saturated carbocycles. The van der Waals surface area contributed by atoms with Crippen LogP contribution in [0, 0.1) is 12.8 Å². The van der Waals surface area contributed by atoms with Crippen molar-refractivity contribution in [2.45, 2.75) is 31.7 Å². The number of aromatic nitrogens is 2. The van der Waals surface area contributed by atoms with Crippen molar-refractivity contribution < 1.29 is 8.42 Å². The quantitative estimate of drug-likeness (QED) is 0.679. The third kappa shape index (κ3) is 3.03. The normalized spacial score (nSPS) is 14.3. The second-order valence-electron chi connectivity index (χ2n) is 4.12. The summed E-state index contributed by atoms with van der Waals surface area (Å²) >= 11 is 0. The molecule has 0 bridgehead atoms. The maximum atomic E-state index is 11.8. The lowest BCUT2D eigenvalue weighted by Crippen LogP contribution is -2.40. The van der Waals surface area contributed by atoms with Gasteiger partial charge in [-0.2, -0.15) is 5.10 Å². The van der Waals surface area contributed by atoms with Crippen LogP contribution in [0.2, 0.25) is 0 Å². The molecule has 1 aromatic heterocycles. The number of hydrogen-bond donors (Lipinski definition) is 3. The Labute approximate surface area is 95.7 Å². The summed E-state index contributed by atoms with van der Waals surface area (Å²) in [6, 6.07) is -0.193. The summed E-state index contributed by atoms with van der Waals surface area (Å²) < 4.78 is 26.1. The molecule has 0 radical (unpaired) electrons. The minimum absolute atomic E-state index is 0.170. The standard InChI is InChI=1S/C9H18N4O2S/c1-6(2)8(10)4-12-16(14,15)9-5-11-13-7(9)3/h5-6,8,12H,4,10H2,1-3H3,(H,11,13). The minimum Gasteiger partial charge on any atom is -0.326 e. The molecule has 0 aliphatic carbocycles. The van der Waals surface area contributed by atoms with E-state index in [0.29, 0.717) is 5.69 Å². The van der Waals surface area contributed by atoms with E-state index in [1.165, 1.54) is 6.20 Å². The Balaban J connectivity index is 2.71. The largest absolute Gasteiger partial charge is 0.326 e. The van der Waals surface area contributed by atoms with Gasteiger partial charge in [-0.15, -0.1) is 0 Å². The second-order valence-corrected chi connectivity index (χ2v) is 5.85. The van der Waals surface area contributed by atoms with Crippen molar-refractivity contribution in [3.63, 3.8) is 0 Å². The van der Waals surface area contributed by atoms with Crippen molar-refractivity contribution in [2.75, 3.05) is 6.54 Å². The lowest BCUT2D eigenvalue weighted by Gasteiger charge is -2.15. The number of nitrogens with one attached hydrogen (secondary N) is 2. The summed E-state index contributed by atoms with van der Waals surface area (Å²) in [6.07, 6.45) is 1.29. The van der Waals surface area contributed by atoms with E-state index >= 15 is 0 Å². The van der Waals surface area contributed by atoms with Crippen LogP contribution in [0.3, 0.4) is 0 Å². The molecule has 0 fully saturated rings. The van der Waals surface area contributed by atoms with Gasteiger partial charge in [-0.3, -0.25) is 5.10 Å². The number of hydrogen-bond acceptors (Lipinski definition) is 4. The SMILES string of the molecule is Cc1[nH]ncc1S(=O)(=O)NCC(N)C(C)C. The van der Waals surface area contributed by atoms with Gasteiger partial charge in [0.1, 0.15) is 4.90 Å². The van der Waals surface area contributed by atoms with Crippen LogP contribution in [0.4, 0.5) is 0 Å².